The molecular formula is C24H25N5O. The van der Waals surface area contributed by atoms with E-state index in [1.54, 1.807) is 0 Å². The third kappa shape index (κ3) is 3.12. The minimum Gasteiger partial charge on any atom is -0.311 e. The third-order valence-corrected chi connectivity index (χ3v) is 5.83. The molecule has 3 heterocycles. The smallest absolute Gasteiger partial charge is 0.277 e. The van der Waals surface area contributed by atoms with Gasteiger partial charge in [-0.1, -0.05) is 24.6 Å². The predicted octanol–water partition coefficient (Wildman–Crippen LogP) is 4.55. The third-order valence-electron chi connectivity index (χ3n) is 5.83. The van der Waals surface area contributed by atoms with E-state index in [4.69, 9.17) is 4.99 Å². The van der Waals surface area contributed by atoms with Gasteiger partial charge in [0.1, 0.15) is 11.5 Å². The lowest BCUT2D eigenvalue weighted by atomic mass is 10.1. The highest BCUT2D eigenvalue weighted by molar-refractivity contribution is 6.54. The average molecular weight is 399 g/mol. The first-order valence-corrected chi connectivity index (χ1v) is 10.7. The zero-order valence-electron chi connectivity index (χ0n) is 17.4. The maximum absolute atomic E-state index is 13.0. The normalized spacial score (nSPS) is 17.4. The number of aromatic nitrogens is 3. The van der Waals surface area contributed by atoms with Gasteiger partial charge in [0.25, 0.3) is 5.91 Å². The molecule has 1 aromatic heterocycles. The molecule has 0 radical (unpaired) electrons. The number of nitrogens with zero attached hydrogens (tertiary/aromatic N) is 5. The van der Waals surface area contributed by atoms with Crippen LogP contribution in [0, 0.1) is 0 Å². The number of aliphatic imine (C=N–C) groups is 1. The topological polar surface area (TPSA) is 63.4 Å². The van der Waals surface area contributed by atoms with Crippen LogP contribution in [0.1, 0.15) is 44.5 Å². The van der Waals surface area contributed by atoms with Crippen LogP contribution >= 0.6 is 0 Å². The highest BCUT2D eigenvalue weighted by Crippen LogP contribution is 2.32. The second-order valence-electron chi connectivity index (χ2n) is 8.20. The highest BCUT2D eigenvalue weighted by Gasteiger charge is 2.35. The van der Waals surface area contributed by atoms with Crippen molar-refractivity contribution in [3.8, 4) is 11.4 Å². The summed E-state index contributed by atoms with van der Waals surface area (Å²) in [5, 5.41) is 8.82. The molecule has 0 aliphatic carbocycles. The molecule has 0 bridgehead atoms. The van der Waals surface area contributed by atoms with E-state index in [1.807, 2.05) is 67.3 Å². The number of rotatable bonds is 3. The van der Waals surface area contributed by atoms with Crippen molar-refractivity contribution in [1.82, 2.24) is 14.8 Å². The second-order valence-corrected chi connectivity index (χ2v) is 8.20. The van der Waals surface area contributed by atoms with Crippen molar-refractivity contribution in [1.29, 1.82) is 0 Å². The van der Waals surface area contributed by atoms with Crippen LogP contribution in [0.25, 0.3) is 11.4 Å². The molecule has 0 atom stereocenters. The van der Waals surface area contributed by atoms with E-state index in [-0.39, 0.29) is 11.9 Å². The maximum Gasteiger partial charge on any atom is 0.277 e. The van der Waals surface area contributed by atoms with Crippen molar-refractivity contribution in [2.45, 2.75) is 52.1 Å². The molecule has 30 heavy (non-hydrogen) atoms. The Labute approximate surface area is 176 Å². The summed E-state index contributed by atoms with van der Waals surface area (Å²) in [6, 6.07) is 15.9. The van der Waals surface area contributed by atoms with E-state index in [9.17, 15) is 4.79 Å². The van der Waals surface area contributed by atoms with Gasteiger partial charge in [-0.2, -0.15) is 0 Å². The summed E-state index contributed by atoms with van der Waals surface area (Å²) in [5.41, 5.74) is 4.12. The number of benzene rings is 2. The number of carbonyl (C=O) groups excluding carboxylic acids is 1. The Bertz CT molecular complexity index is 1130. The van der Waals surface area contributed by atoms with Gasteiger partial charge in [0.15, 0.2) is 5.82 Å². The van der Waals surface area contributed by atoms with Crippen LogP contribution in [-0.4, -0.2) is 32.4 Å². The molecule has 0 spiro atoms. The maximum atomic E-state index is 13.0. The molecule has 152 valence electrons. The number of amides is 1. The molecule has 0 N–H and O–H groups in total. The number of hydrogen-bond acceptors (Lipinski definition) is 4. The van der Waals surface area contributed by atoms with Crippen molar-refractivity contribution >= 4 is 23.0 Å². The van der Waals surface area contributed by atoms with Gasteiger partial charge in [-0.05, 0) is 57.0 Å². The van der Waals surface area contributed by atoms with Crippen LogP contribution < -0.4 is 4.90 Å². The molecule has 0 saturated carbocycles. The standard InChI is InChI=1S/C24H25N5O/c1-16(2)29-20-9-6-5-8-19(20)22(24(29)30)25-18-13-11-17(12-14-18)23-27-26-21-10-4-3-7-15-28(21)23/h5-6,8-9,11-14,16H,3-4,7,10,15H2,1-2H3. The van der Waals surface area contributed by atoms with E-state index in [0.29, 0.717) is 5.71 Å². The fraction of sp³-hybridized carbons (Fsp3) is 0.333. The van der Waals surface area contributed by atoms with Crippen LogP contribution in [-0.2, 0) is 17.8 Å². The van der Waals surface area contributed by atoms with Gasteiger partial charge >= 0.3 is 0 Å². The van der Waals surface area contributed by atoms with E-state index < -0.39 is 0 Å². The monoisotopic (exact) mass is 399 g/mol. The average Bonchev–Trinajstić information content (AvgIpc) is 3.17. The van der Waals surface area contributed by atoms with Crippen molar-refractivity contribution < 1.29 is 4.79 Å². The van der Waals surface area contributed by atoms with E-state index in [1.165, 1.54) is 12.8 Å². The summed E-state index contributed by atoms with van der Waals surface area (Å²) in [6.07, 6.45) is 4.57. The molecule has 2 aromatic carbocycles. The van der Waals surface area contributed by atoms with Crippen molar-refractivity contribution in [2.75, 3.05) is 4.90 Å². The first-order valence-electron chi connectivity index (χ1n) is 10.7. The fourth-order valence-corrected chi connectivity index (χ4v) is 4.36. The van der Waals surface area contributed by atoms with Gasteiger partial charge in [-0.3, -0.25) is 4.79 Å². The molecular weight excluding hydrogens is 374 g/mol. The fourth-order valence-electron chi connectivity index (χ4n) is 4.36. The molecule has 1 amide bonds. The second kappa shape index (κ2) is 7.52. The summed E-state index contributed by atoms with van der Waals surface area (Å²) in [7, 11) is 0. The van der Waals surface area contributed by atoms with Crippen LogP contribution in [0.4, 0.5) is 11.4 Å². The van der Waals surface area contributed by atoms with Crippen molar-refractivity contribution in [3.63, 3.8) is 0 Å². The minimum absolute atomic E-state index is 0.0435. The number of hydrogen-bond donors (Lipinski definition) is 0. The molecule has 0 fully saturated rings. The molecule has 6 heteroatoms. The van der Waals surface area contributed by atoms with Crippen molar-refractivity contribution in [3.05, 3.63) is 59.9 Å². The van der Waals surface area contributed by atoms with Crippen LogP contribution in [0.2, 0.25) is 0 Å². The predicted molar refractivity (Wildman–Crippen MR) is 118 cm³/mol. The molecule has 3 aromatic rings. The van der Waals surface area contributed by atoms with Crippen LogP contribution in [0.15, 0.2) is 53.5 Å². The summed E-state index contributed by atoms with van der Waals surface area (Å²) in [6.45, 7) is 5.01. The Morgan fingerprint density at radius 2 is 1.77 bits per heavy atom. The number of aryl methyl sites for hydroxylation is 1. The number of para-hydroxylation sites is 1. The first kappa shape index (κ1) is 18.7. The molecule has 6 nitrogen and oxygen atoms in total. The number of carbonyl (C=O) groups is 1. The minimum atomic E-state index is -0.0435. The summed E-state index contributed by atoms with van der Waals surface area (Å²) in [5.74, 6) is 1.95. The number of anilines is 1. The van der Waals surface area contributed by atoms with Gasteiger partial charge < -0.3 is 9.47 Å². The first-order chi connectivity index (χ1) is 14.6. The van der Waals surface area contributed by atoms with E-state index in [2.05, 4.69) is 14.8 Å². The number of fused-ring (bicyclic) bond motifs is 2. The van der Waals surface area contributed by atoms with Gasteiger partial charge in [-0.25, -0.2) is 4.99 Å². The Morgan fingerprint density at radius 3 is 2.57 bits per heavy atom. The van der Waals surface area contributed by atoms with Gasteiger partial charge in [0.2, 0.25) is 0 Å². The Balaban J connectivity index is 1.48. The van der Waals surface area contributed by atoms with E-state index >= 15 is 0 Å². The highest BCUT2D eigenvalue weighted by atomic mass is 16.2. The van der Waals surface area contributed by atoms with Crippen molar-refractivity contribution in [2.24, 2.45) is 4.99 Å². The molecule has 2 aliphatic rings. The van der Waals surface area contributed by atoms with Gasteiger partial charge in [0, 0.05) is 30.1 Å². The summed E-state index contributed by atoms with van der Waals surface area (Å²) < 4.78 is 2.24. The molecule has 0 saturated heterocycles. The molecule has 5 rings (SSSR count). The van der Waals surface area contributed by atoms with Crippen LogP contribution in [0.5, 0.6) is 0 Å². The van der Waals surface area contributed by atoms with Crippen LogP contribution in [0.3, 0.4) is 0 Å². The quantitative estimate of drug-likeness (QED) is 0.649. The van der Waals surface area contributed by atoms with Gasteiger partial charge in [0.05, 0.1) is 11.4 Å². The van der Waals surface area contributed by atoms with E-state index in [0.717, 1.165) is 53.5 Å². The lowest BCUT2D eigenvalue weighted by Crippen LogP contribution is -2.35. The zero-order chi connectivity index (χ0) is 20.7. The summed E-state index contributed by atoms with van der Waals surface area (Å²) >= 11 is 0. The Hall–Kier alpha value is -3.28. The molecule has 0 unspecified atom stereocenters. The summed E-state index contributed by atoms with van der Waals surface area (Å²) in [4.78, 5) is 19.6. The zero-order valence-corrected chi connectivity index (χ0v) is 17.4. The molecule has 2 aliphatic heterocycles. The van der Waals surface area contributed by atoms with Gasteiger partial charge in [-0.15, -0.1) is 10.2 Å². The largest absolute Gasteiger partial charge is 0.311 e. The Morgan fingerprint density at radius 1 is 0.967 bits per heavy atom. The SMILES string of the molecule is CC(C)N1C(=O)C(=Nc2ccc(-c3nnc4n3CCCCC4)cc2)c2ccccc21. The lowest BCUT2D eigenvalue weighted by molar-refractivity contribution is -0.112. The Kier molecular flexibility index (Phi) is 4.69. The lowest BCUT2D eigenvalue weighted by Gasteiger charge is -2.20.